The lowest BCUT2D eigenvalue weighted by Gasteiger charge is -2.17. The molecule has 20 heavy (non-hydrogen) atoms. The standard InChI is InChI=1S/C14H21N3O2S/c1-14(2,3)20-11-6-4-10(5-7-11)17-13(19)9-16-12(18)8-15/h4-7H,8-9,15H2,1-3H3,(H,16,18)(H,17,19). The normalized spacial score (nSPS) is 11.0. The van der Waals surface area contributed by atoms with Gasteiger partial charge in [0.15, 0.2) is 0 Å². The van der Waals surface area contributed by atoms with E-state index in [1.807, 2.05) is 24.3 Å². The largest absolute Gasteiger partial charge is 0.346 e. The smallest absolute Gasteiger partial charge is 0.243 e. The van der Waals surface area contributed by atoms with Crippen molar-refractivity contribution in [1.82, 2.24) is 5.32 Å². The van der Waals surface area contributed by atoms with Crippen molar-refractivity contribution in [3.05, 3.63) is 24.3 Å². The minimum atomic E-state index is -0.350. The first kappa shape index (κ1) is 16.5. The van der Waals surface area contributed by atoms with Gasteiger partial charge in [0.1, 0.15) is 0 Å². The number of hydrogen-bond acceptors (Lipinski definition) is 4. The van der Waals surface area contributed by atoms with Crippen LogP contribution in [0.4, 0.5) is 5.69 Å². The molecule has 0 saturated heterocycles. The molecule has 0 aliphatic heterocycles. The van der Waals surface area contributed by atoms with Gasteiger partial charge in [0.2, 0.25) is 11.8 Å². The van der Waals surface area contributed by atoms with E-state index in [1.54, 1.807) is 11.8 Å². The minimum absolute atomic E-state index is 0.0749. The third kappa shape index (κ3) is 6.58. The Morgan fingerprint density at radius 3 is 2.25 bits per heavy atom. The van der Waals surface area contributed by atoms with E-state index in [9.17, 15) is 9.59 Å². The lowest BCUT2D eigenvalue weighted by atomic mass is 10.3. The van der Waals surface area contributed by atoms with Gasteiger partial charge < -0.3 is 16.4 Å². The molecule has 0 atom stereocenters. The summed E-state index contributed by atoms with van der Waals surface area (Å²) >= 11 is 1.76. The van der Waals surface area contributed by atoms with Crippen LogP contribution >= 0.6 is 11.8 Å². The van der Waals surface area contributed by atoms with Crippen molar-refractivity contribution in [1.29, 1.82) is 0 Å². The third-order valence-electron chi connectivity index (χ3n) is 2.19. The molecule has 1 aromatic carbocycles. The minimum Gasteiger partial charge on any atom is -0.346 e. The van der Waals surface area contributed by atoms with Crippen LogP contribution in [-0.4, -0.2) is 29.7 Å². The van der Waals surface area contributed by atoms with Crippen molar-refractivity contribution in [3.63, 3.8) is 0 Å². The van der Waals surface area contributed by atoms with E-state index in [0.717, 1.165) is 4.90 Å². The van der Waals surface area contributed by atoms with E-state index in [2.05, 4.69) is 31.4 Å². The Balaban J connectivity index is 2.49. The van der Waals surface area contributed by atoms with Crippen LogP contribution < -0.4 is 16.4 Å². The number of hydrogen-bond donors (Lipinski definition) is 3. The molecule has 0 unspecified atom stereocenters. The monoisotopic (exact) mass is 295 g/mol. The predicted molar refractivity (Wildman–Crippen MR) is 82.7 cm³/mol. The maximum absolute atomic E-state index is 11.6. The maximum Gasteiger partial charge on any atom is 0.243 e. The Bertz CT molecular complexity index is 466. The van der Waals surface area contributed by atoms with E-state index in [-0.39, 0.29) is 29.7 Å². The van der Waals surface area contributed by atoms with Gasteiger partial charge in [-0.2, -0.15) is 0 Å². The van der Waals surface area contributed by atoms with Gasteiger partial charge in [-0.25, -0.2) is 0 Å². The molecule has 1 rings (SSSR count). The molecule has 0 aliphatic carbocycles. The van der Waals surface area contributed by atoms with Gasteiger partial charge in [0.25, 0.3) is 0 Å². The van der Waals surface area contributed by atoms with Gasteiger partial charge >= 0.3 is 0 Å². The average Bonchev–Trinajstić information content (AvgIpc) is 2.36. The number of benzene rings is 1. The Hall–Kier alpha value is -1.53. The highest BCUT2D eigenvalue weighted by molar-refractivity contribution is 8.00. The van der Waals surface area contributed by atoms with Crippen LogP contribution in [0.15, 0.2) is 29.2 Å². The molecule has 6 heteroatoms. The summed E-state index contributed by atoms with van der Waals surface area (Å²) in [4.78, 5) is 23.6. The Morgan fingerprint density at radius 1 is 1.15 bits per heavy atom. The fraction of sp³-hybridized carbons (Fsp3) is 0.429. The van der Waals surface area contributed by atoms with Crippen molar-refractivity contribution in [2.75, 3.05) is 18.4 Å². The second-order valence-electron chi connectivity index (χ2n) is 5.27. The third-order valence-corrected chi connectivity index (χ3v) is 3.31. The molecule has 0 radical (unpaired) electrons. The summed E-state index contributed by atoms with van der Waals surface area (Å²) in [6, 6.07) is 7.61. The van der Waals surface area contributed by atoms with Crippen molar-refractivity contribution in [2.45, 2.75) is 30.4 Å². The van der Waals surface area contributed by atoms with Crippen LogP contribution in [0.5, 0.6) is 0 Å². The molecule has 4 N–H and O–H groups in total. The van der Waals surface area contributed by atoms with Crippen LogP contribution in [0.25, 0.3) is 0 Å². The van der Waals surface area contributed by atoms with E-state index in [4.69, 9.17) is 5.73 Å². The summed E-state index contributed by atoms with van der Waals surface area (Å²) in [5.41, 5.74) is 5.84. The first-order valence-electron chi connectivity index (χ1n) is 6.36. The van der Waals surface area contributed by atoms with Gasteiger partial charge in [0.05, 0.1) is 13.1 Å². The van der Waals surface area contributed by atoms with Crippen molar-refractivity contribution in [2.24, 2.45) is 5.73 Å². The molecular formula is C14H21N3O2S. The lowest BCUT2D eigenvalue weighted by molar-refractivity contribution is -0.123. The Labute approximate surface area is 123 Å². The quantitative estimate of drug-likeness (QED) is 0.720. The van der Waals surface area contributed by atoms with Gasteiger partial charge in [-0.05, 0) is 24.3 Å². The lowest BCUT2D eigenvalue weighted by Crippen LogP contribution is -2.36. The number of carbonyl (C=O) groups excluding carboxylic acids is 2. The van der Waals surface area contributed by atoms with Gasteiger partial charge in [-0.15, -0.1) is 11.8 Å². The van der Waals surface area contributed by atoms with Crippen molar-refractivity contribution < 1.29 is 9.59 Å². The molecule has 0 fully saturated rings. The second-order valence-corrected chi connectivity index (χ2v) is 7.17. The number of thioether (sulfide) groups is 1. The number of carbonyl (C=O) groups is 2. The molecular weight excluding hydrogens is 274 g/mol. The van der Waals surface area contributed by atoms with E-state index < -0.39 is 0 Å². The Kier molecular flexibility index (Phi) is 6.04. The summed E-state index contributed by atoms with van der Waals surface area (Å²) in [7, 11) is 0. The zero-order valence-electron chi connectivity index (χ0n) is 12.0. The summed E-state index contributed by atoms with van der Waals surface area (Å²) in [6.45, 7) is 6.25. The van der Waals surface area contributed by atoms with E-state index in [1.165, 1.54) is 0 Å². The zero-order chi connectivity index (χ0) is 15.2. The highest BCUT2D eigenvalue weighted by atomic mass is 32.2. The maximum atomic E-state index is 11.6. The average molecular weight is 295 g/mol. The first-order chi connectivity index (χ1) is 9.30. The van der Waals surface area contributed by atoms with Gasteiger partial charge in [0, 0.05) is 15.3 Å². The summed E-state index contributed by atoms with van der Waals surface area (Å²) in [6.07, 6.45) is 0. The molecule has 110 valence electrons. The molecule has 0 heterocycles. The zero-order valence-corrected chi connectivity index (χ0v) is 12.8. The topological polar surface area (TPSA) is 84.2 Å². The van der Waals surface area contributed by atoms with Gasteiger partial charge in [-0.1, -0.05) is 20.8 Å². The predicted octanol–water partition coefficient (Wildman–Crippen LogP) is 1.59. The molecule has 0 bridgehead atoms. The molecule has 1 aromatic rings. The number of nitrogens with one attached hydrogen (secondary N) is 2. The van der Waals surface area contributed by atoms with Crippen LogP contribution in [0.2, 0.25) is 0 Å². The molecule has 5 nitrogen and oxygen atoms in total. The fourth-order valence-corrected chi connectivity index (χ4v) is 2.40. The van der Waals surface area contributed by atoms with E-state index >= 15 is 0 Å². The number of nitrogens with two attached hydrogens (primary N) is 1. The number of rotatable bonds is 5. The van der Waals surface area contributed by atoms with Crippen LogP contribution in [0, 0.1) is 0 Å². The van der Waals surface area contributed by atoms with Crippen LogP contribution in [0.1, 0.15) is 20.8 Å². The fourth-order valence-electron chi connectivity index (χ4n) is 1.42. The van der Waals surface area contributed by atoms with Crippen molar-refractivity contribution >= 4 is 29.3 Å². The number of anilines is 1. The second kappa shape index (κ2) is 7.31. The number of amides is 2. The summed E-state index contributed by atoms with van der Waals surface area (Å²) in [5.74, 6) is -0.625. The molecule has 0 aromatic heterocycles. The molecule has 0 saturated carbocycles. The van der Waals surface area contributed by atoms with Crippen molar-refractivity contribution in [3.8, 4) is 0 Å². The first-order valence-corrected chi connectivity index (χ1v) is 7.17. The van der Waals surface area contributed by atoms with Crippen LogP contribution in [0.3, 0.4) is 0 Å². The van der Waals surface area contributed by atoms with Crippen LogP contribution in [-0.2, 0) is 9.59 Å². The summed E-state index contributed by atoms with van der Waals surface area (Å²) in [5, 5.41) is 5.12. The molecule has 0 spiro atoms. The molecule has 2 amide bonds. The van der Waals surface area contributed by atoms with E-state index in [0.29, 0.717) is 5.69 Å². The highest BCUT2D eigenvalue weighted by Crippen LogP contribution is 2.32. The molecule has 0 aliphatic rings. The van der Waals surface area contributed by atoms with Gasteiger partial charge in [-0.3, -0.25) is 9.59 Å². The Morgan fingerprint density at radius 2 is 1.75 bits per heavy atom. The highest BCUT2D eigenvalue weighted by Gasteiger charge is 2.12. The summed E-state index contributed by atoms with van der Waals surface area (Å²) < 4.78 is 0.150. The SMILES string of the molecule is CC(C)(C)Sc1ccc(NC(=O)CNC(=O)CN)cc1.